The number of rotatable bonds is 5. The van der Waals surface area contributed by atoms with E-state index in [1.807, 2.05) is 12.1 Å². The number of hydrogen-bond acceptors (Lipinski definition) is 6. The lowest BCUT2D eigenvalue weighted by Crippen LogP contribution is -2.25. The lowest BCUT2D eigenvalue weighted by molar-refractivity contribution is -0.384. The summed E-state index contributed by atoms with van der Waals surface area (Å²) in [6.07, 6.45) is 0.248. The Hall–Kier alpha value is -2.82. The molecule has 1 atom stereocenters. The monoisotopic (exact) mass is 402 g/mol. The van der Waals surface area contributed by atoms with Crippen LogP contribution >= 0.6 is 0 Å². The highest BCUT2D eigenvalue weighted by molar-refractivity contribution is 7.92. The van der Waals surface area contributed by atoms with Crippen LogP contribution in [0.5, 0.6) is 5.75 Å². The van der Waals surface area contributed by atoms with E-state index >= 15 is 0 Å². The minimum atomic E-state index is -5.67. The summed E-state index contributed by atoms with van der Waals surface area (Å²) in [5, 5.41) is 13.9. The Labute approximate surface area is 151 Å². The van der Waals surface area contributed by atoms with Gasteiger partial charge in [0.2, 0.25) is 0 Å². The van der Waals surface area contributed by atoms with Crippen molar-refractivity contribution >= 4 is 21.2 Å². The van der Waals surface area contributed by atoms with Gasteiger partial charge in [-0.3, -0.25) is 10.1 Å². The van der Waals surface area contributed by atoms with Gasteiger partial charge in [-0.2, -0.15) is 13.2 Å². The normalized spacial score (nSPS) is 16.5. The molecule has 7 nitrogen and oxygen atoms in total. The molecule has 0 radical (unpaired) electrons. The highest BCUT2D eigenvalue weighted by atomic mass is 32.2. The summed E-state index contributed by atoms with van der Waals surface area (Å²) in [4.78, 5) is 9.06. The molecule has 11 heteroatoms. The molecule has 0 fully saturated rings. The minimum absolute atomic E-state index is 0.0966. The highest BCUT2D eigenvalue weighted by Gasteiger charge is 2.47. The van der Waals surface area contributed by atoms with Gasteiger partial charge in [0.05, 0.1) is 16.4 Å². The molecule has 1 unspecified atom stereocenters. The molecule has 1 heterocycles. The number of nitro groups is 1. The number of benzene rings is 2. The molecule has 27 heavy (non-hydrogen) atoms. The number of fused-ring (bicyclic) bond motifs is 1. The predicted molar refractivity (Wildman–Crippen MR) is 89.4 cm³/mol. The molecular formula is C16H13F3N2O5S. The minimum Gasteiger partial charge on any atom is -0.488 e. The van der Waals surface area contributed by atoms with Gasteiger partial charge in [0.25, 0.3) is 15.5 Å². The summed E-state index contributed by atoms with van der Waals surface area (Å²) in [6.45, 7) is 0.154. The zero-order chi connectivity index (χ0) is 19.8. The number of hydrogen-bond donors (Lipinski definition) is 1. The molecule has 2 aromatic rings. The average Bonchev–Trinajstić information content (AvgIpc) is 3.01. The third-order valence-corrected chi connectivity index (χ3v) is 5.50. The number of alkyl halides is 3. The van der Waals surface area contributed by atoms with Gasteiger partial charge in [-0.05, 0) is 23.8 Å². The van der Waals surface area contributed by atoms with Crippen molar-refractivity contribution < 1.29 is 31.2 Å². The van der Waals surface area contributed by atoms with Crippen molar-refractivity contribution in [3.8, 4) is 5.75 Å². The quantitative estimate of drug-likeness (QED) is 0.609. The zero-order valence-corrected chi connectivity index (χ0v) is 14.4. The molecule has 0 saturated carbocycles. The van der Waals surface area contributed by atoms with E-state index < -0.39 is 30.9 Å². The average molecular weight is 402 g/mol. The number of sulfone groups is 1. The summed E-state index contributed by atoms with van der Waals surface area (Å²) >= 11 is 0. The smallest absolute Gasteiger partial charge is 0.488 e. The van der Waals surface area contributed by atoms with Crippen LogP contribution in [0.15, 0.2) is 47.4 Å². The van der Waals surface area contributed by atoms with E-state index in [1.54, 1.807) is 12.1 Å². The van der Waals surface area contributed by atoms with Crippen molar-refractivity contribution in [2.75, 3.05) is 11.9 Å². The molecule has 0 aliphatic carbocycles. The van der Waals surface area contributed by atoms with E-state index in [2.05, 4.69) is 5.32 Å². The van der Waals surface area contributed by atoms with E-state index in [-0.39, 0.29) is 18.3 Å². The Morgan fingerprint density at radius 3 is 2.56 bits per heavy atom. The van der Waals surface area contributed by atoms with Crippen LogP contribution in [-0.2, 0) is 16.3 Å². The van der Waals surface area contributed by atoms with Crippen LogP contribution in [0.3, 0.4) is 0 Å². The molecule has 144 valence electrons. The second-order valence-corrected chi connectivity index (χ2v) is 7.76. The number of nitrogens with one attached hydrogen (secondary N) is 1. The maximum atomic E-state index is 12.6. The van der Waals surface area contributed by atoms with Gasteiger partial charge in [-0.1, -0.05) is 18.2 Å². The molecule has 1 N–H and O–H groups in total. The second-order valence-electron chi connectivity index (χ2n) is 5.82. The maximum Gasteiger partial charge on any atom is 0.501 e. The molecule has 0 aromatic heterocycles. The maximum absolute atomic E-state index is 12.6. The largest absolute Gasteiger partial charge is 0.501 e. The summed E-state index contributed by atoms with van der Waals surface area (Å²) in [6, 6.07) is 9.35. The van der Waals surface area contributed by atoms with Crippen LogP contribution in [0.4, 0.5) is 24.5 Å². The molecule has 0 spiro atoms. The zero-order valence-electron chi connectivity index (χ0n) is 13.6. The second kappa shape index (κ2) is 6.72. The Bertz CT molecular complexity index is 967. The summed E-state index contributed by atoms with van der Waals surface area (Å²) < 4.78 is 66.5. The lowest BCUT2D eigenvalue weighted by atomic mass is 10.1. The number of anilines is 1. The topological polar surface area (TPSA) is 98.5 Å². The SMILES string of the molecule is O=[N+]([O-])c1cc(S(=O)(=O)C(F)(F)F)ccc1NCC1Cc2ccccc2O1. The molecule has 1 aliphatic heterocycles. The van der Waals surface area contributed by atoms with Gasteiger partial charge in [-0.15, -0.1) is 0 Å². The molecule has 0 amide bonds. The van der Waals surface area contributed by atoms with Crippen LogP contribution < -0.4 is 10.1 Å². The number of nitrogens with zero attached hydrogens (tertiary/aromatic N) is 1. The van der Waals surface area contributed by atoms with Gasteiger partial charge in [0, 0.05) is 12.5 Å². The van der Waals surface area contributed by atoms with Gasteiger partial charge in [0.15, 0.2) is 0 Å². The van der Waals surface area contributed by atoms with Gasteiger partial charge in [0.1, 0.15) is 17.5 Å². The number of para-hydroxylation sites is 1. The fraction of sp³-hybridized carbons (Fsp3) is 0.250. The fourth-order valence-electron chi connectivity index (χ4n) is 2.70. The van der Waals surface area contributed by atoms with E-state index in [0.717, 1.165) is 11.6 Å². The molecule has 2 aromatic carbocycles. The number of ether oxygens (including phenoxy) is 1. The first-order valence-corrected chi connectivity index (χ1v) is 9.16. The van der Waals surface area contributed by atoms with Crippen molar-refractivity contribution in [1.82, 2.24) is 0 Å². The first-order valence-electron chi connectivity index (χ1n) is 7.68. The first-order chi connectivity index (χ1) is 12.6. The van der Waals surface area contributed by atoms with E-state index in [0.29, 0.717) is 24.3 Å². The Morgan fingerprint density at radius 2 is 1.93 bits per heavy atom. The van der Waals surface area contributed by atoms with Crippen LogP contribution in [0, 0.1) is 10.1 Å². The first kappa shape index (κ1) is 19.0. The summed E-state index contributed by atoms with van der Waals surface area (Å²) in [5.74, 6) is 0.699. The Kier molecular flexibility index (Phi) is 4.72. The van der Waals surface area contributed by atoms with Gasteiger partial charge >= 0.3 is 5.51 Å². The Morgan fingerprint density at radius 1 is 1.22 bits per heavy atom. The third-order valence-electron chi connectivity index (χ3n) is 4.01. The molecule has 3 rings (SSSR count). The van der Waals surface area contributed by atoms with Gasteiger partial charge < -0.3 is 10.1 Å². The van der Waals surface area contributed by atoms with E-state index in [1.165, 1.54) is 0 Å². The van der Waals surface area contributed by atoms with Crippen LogP contribution in [0.25, 0.3) is 0 Å². The molecular weight excluding hydrogens is 389 g/mol. The van der Waals surface area contributed by atoms with Crippen molar-refractivity contribution in [1.29, 1.82) is 0 Å². The van der Waals surface area contributed by atoms with Crippen LogP contribution in [0.1, 0.15) is 5.56 Å². The van der Waals surface area contributed by atoms with Crippen molar-refractivity contribution in [3.05, 3.63) is 58.1 Å². The van der Waals surface area contributed by atoms with Crippen LogP contribution in [-0.4, -0.2) is 31.5 Å². The van der Waals surface area contributed by atoms with Crippen LogP contribution in [0.2, 0.25) is 0 Å². The van der Waals surface area contributed by atoms with Gasteiger partial charge in [-0.25, -0.2) is 8.42 Å². The summed E-state index contributed by atoms with van der Waals surface area (Å²) in [7, 11) is -5.67. The number of halogens is 3. The standard InChI is InChI=1S/C16H13F3N2O5S/c17-16(18,19)27(24,25)12-5-6-13(14(8-12)21(22)23)20-9-11-7-10-3-1-2-4-15(10)26-11/h1-6,8,11,20H,7,9H2. The molecule has 1 aliphatic rings. The summed E-state index contributed by atoms with van der Waals surface area (Å²) in [5.41, 5.74) is -5.43. The Balaban J connectivity index is 1.80. The molecule has 0 bridgehead atoms. The van der Waals surface area contributed by atoms with Crippen molar-refractivity contribution in [3.63, 3.8) is 0 Å². The highest BCUT2D eigenvalue weighted by Crippen LogP contribution is 2.35. The third kappa shape index (κ3) is 3.68. The number of nitro benzene ring substituents is 1. The van der Waals surface area contributed by atoms with Crippen molar-refractivity contribution in [2.45, 2.75) is 22.9 Å². The lowest BCUT2D eigenvalue weighted by Gasteiger charge is -2.14. The van der Waals surface area contributed by atoms with E-state index in [9.17, 15) is 31.7 Å². The fourth-order valence-corrected chi connectivity index (χ4v) is 3.49. The van der Waals surface area contributed by atoms with Crippen molar-refractivity contribution in [2.24, 2.45) is 0 Å². The predicted octanol–water partition coefficient (Wildman–Crippen LogP) is 3.30. The molecule has 0 saturated heterocycles. The van der Waals surface area contributed by atoms with E-state index in [4.69, 9.17) is 4.74 Å².